The lowest BCUT2D eigenvalue weighted by Crippen LogP contribution is -2.08. The summed E-state index contributed by atoms with van der Waals surface area (Å²) >= 11 is 3.34. The normalized spacial score (nSPS) is 12.4. The zero-order chi connectivity index (χ0) is 11.1. The second-order valence-electron chi connectivity index (χ2n) is 3.04. The molecule has 0 aromatic heterocycles. The molecule has 0 amide bonds. The van der Waals surface area contributed by atoms with Gasteiger partial charge in [0.15, 0.2) is 0 Å². The summed E-state index contributed by atoms with van der Waals surface area (Å²) in [5.41, 5.74) is 0.943. The zero-order valence-electron chi connectivity index (χ0n) is 8.23. The van der Waals surface area contributed by atoms with E-state index in [9.17, 15) is 4.79 Å². The summed E-state index contributed by atoms with van der Waals surface area (Å²) in [4.78, 5) is 10.5. The molecule has 0 heterocycles. The van der Waals surface area contributed by atoms with Crippen LogP contribution in [0.1, 0.15) is 18.1 Å². The molecular weight excluding hydrogens is 260 g/mol. The second-order valence-corrected chi connectivity index (χ2v) is 3.95. The number of rotatable bonds is 6. The van der Waals surface area contributed by atoms with Crippen LogP contribution in [0, 0.1) is 0 Å². The SMILES string of the molecule is O=CCC(OCCO)c1ccc(Br)cc1. The Balaban J connectivity index is 2.69. The van der Waals surface area contributed by atoms with Crippen molar-refractivity contribution in [2.24, 2.45) is 0 Å². The minimum atomic E-state index is -0.261. The van der Waals surface area contributed by atoms with Crippen LogP contribution in [0.15, 0.2) is 28.7 Å². The van der Waals surface area contributed by atoms with E-state index >= 15 is 0 Å². The van der Waals surface area contributed by atoms with Crippen molar-refractivity contribution in [2.45, 2.75) is 12.5 Å². The Morgan fingerprint density at radius 1 is 1.40 bits per heavy atom. The Labute approximate surface area is 97.2 Å². The van der Waals surface area contributed by atoms with E-state index in [2.05, 4.69) is 15.9 Å². The van der Waals surface area contributed by atoms with Gasteiger partial charge in [0.2, 0.25) is 0 Å². The van der Waals surface area contributed by atoms with Crippen LogP contribution in [-0.4, -0.2) is 24.6 Å². The molecule has 0 spiro atoms. The average molecular weight is 273 g/mol. The van der Waals surface area contributed by atoms with Gasteiger partial charge in [-0.05, 0) is 17.7 Å². The summed E-state index contributed by atoms with van der Waals surface area (Å²) in [6, 6.07) is 7.59. The molecule has 1 unspecified atom stereocenters. The van der Waals surface area contributed by atoms with Crippen molar-refractivity contribution in [3.8, 4) is 0 Å². The fraction of sp³-hybridized carbons (Fsp3) is 0.364. The largest absolute Gasteiger partial charge is 0.394 e. The number of carbonyl (C=O) groups is 1. The monoisotopic (exact) mass is 272 g/mol. The molecule has 1 rings (SSSR count). The van der Waals surface area contributed by atoms with E-state index in [4.69, 9.17) is 9.84 Å². The van der Waals surface area contributed by atoms with Crippen molar-refractivity contribution in [3.05, 3.63) is 34.3 Å². The highest BCUT2D eigenvalue weighted by Crippen LogP contribution is 2.22. The molecule has 0 bridgehead atoms. The number of hydrogen-bond acceptors (Lipinski definition) is 3. The summed E-state index contributed by atoms with van der Waals surface area (Å²) in [6.45, 7) is 0.209. The summed E-state index contributed by atoms with van der Waals surface area (Å²) < 4.78 is 6.35. The lowest BCUT2D eigenvalue weighted by molar-refractivity contribution is -0.110. The van der Waals surface area contributed by atoms with Crippen LogP contribution in [0.25, 0.3) is 0 Å². The molecule has 15 heavy (non-hydrogen) atoms. The summed E-state index contributed by atoms with van der Waals surface area (Å²) in [6.07, 6.45) is 0.869. The van der Waals surface area contributed by atoms with Crippen molar-refractivity contribution in [3.63, 3.8) is 0 Å². The van der Waals surface area contributed by atoms with Gasteiger partial charge in [-0.15, -0.1) is 0 Å². The predicted octanol–water partition coefficient (Wildman–Crippen LogP) is 2.09. The van der Waals surface area contributed by atoms with Crippen molar-refractivity contribution in [1.29, 1.82) is 0 Å². The third-order valence-electron chi connectivity index (χ3n) is 1.96. The van der Waals surface area contributed by atoms with Crippen LogP contribution in [0.5, 0.6) is 0 Å². The summed E-state index contributed by atoms with van der Waals surface area (Å²) in [7, 11) is 0. The van der Waals surface area contributed by atoms with Gasteiger partial charge in [-0.1, -0.05) is 28.1 Å². The van der Waals surface area contributed by atoms with Crippen LogP contribution >= 0.6 is 15.9 Å². The van der Waals surface area contributed by atoms with E-state index in [1.165, 1.54) is 0 Å². The number of ether oxygens (including phenoxy) is 1. The number of aldehydes is 1. The smallest absolute Gasteiger partial charge is 0.122 e. The van der Waals surface area contributed by atoms with Gasteiger partial charge in [-0.25, -0.2) is 0 Å². The minimum absolute atomic E-state index is 0.0358. The Hall–Kier alpha value is -0.710. The van der Waals surface area contributed by atoms with Crippen molar-refractivity contribution in [1.82, 2.24) is 0 Å². The number of aliphatic hydroxyl groups is 1. The molecule has 0 aliphatic rings. The first kappa shape index (κ1) is 12.4. The highest BCUT2D eigenvalue weighted by atomic mass is 79.9. The van der Waals surface area contributed by atoms with Gasteiger partial charge in [0.25, 0.3) is 0 Å². The van der Waals surface area contributed by atoms with E-state index in [1.54, 1.807) is 0 Å². The number of benzene rings is 1. The molecule has 82 valence electrons. The Bertz CT molecular complexity index is 297. The lowest BCUT2D eigenvalue weighted by atomic mass is 10.1. The van der Waals surface area contributed by atoms with Gasteiger partial charge in [0.1, 0.15) is 6.29 Å². The van der Waals surface area contributed by atoms with E-state index < -0.39 is 0 Å². The van der Waals surface area contributed by atoms with Crippen LogP contribution in [-0.2, 0) is 9.53 Å². The van der Waals surface area contributed by atoms with E-state index in [-0.39, 0.29) is 19.3 Å². The third kappa shape index (κ3) is 4.11. The molecule has 4 heteroatoms. The van der Waals surface area contributed by atoms with Gasteiger partial charge in [-0.3, -0.25) is 0 Å². The van der Waals surface area contributed by atoms with Gasteiger partial charge < -0.3 is 14.6 Å². The van der Waals surface area contributed by atoms with Crippen LogP contribution in [0.4, 0.5) is 0 Å². The van der Waals surface area contributed by atoms with E-state index in [0.717, 1.165) is 16.3 Å². The van der Waals surface area contributed by atoms with Crippen LogP contribution in [0.2, 0.25) is 0 Å². The van der Waals surface area contributed by atoms with Gasteiger partial charge in [-0.2, -0.15) is 0 Å². The summed E-state index contributed by atoms with van der Waals surface area (Å²) in [5, 5.41) is 8.65. The maximum Gasteiger partial charge on any atom is 0.122 e. The van der Waals surface area contributed by atoms with Crippen LogP contribution in [0.3, 0.4) is 0 Å². The zero-order valence-corrected chi connectivity index (χ0v) is 9.81. The molecule has 0 fully saturated rings. The van der Waals surface area contributed by atoms with Crippen molar-refractivity contribution < 1.29 is 14.6 Å². The maximum atomic E-state index is 10.5. The minimum Gasteiger partial charge on any atom is -0.394 e. The average Bonchev–Trinajstić information content (AvgIpc) is 2.25. The molecule has 0 saturated carbocycles. The summed E-state index contributed by atoms with van der Waals surface area (Å²) in [5.74, 6) is 0. The number of halogens is 1. The van der Waals surface area contributed by atoms with Gasteiger partial charge in [0, 0.05) is 10.9 Å². The molecule has 1 N–H and O–H groups in total. The number of hydrogen-bond donors (Lipinski definition) is 1. The maximum absolute atomic E-state index is 10.5. The quantitative estimate of drug-likeness (QED) is 0.807. The Morgan fingerprint density at radius 2 is 2.07 bits per heavy atom. The standard InChI is InChI=1S/C11H13BrO3/c12-10-3-1-9(2-4-10)11(5-6-13)15-8-7-14/h1-4,6,11,14H,5,7-8H2. The fourth-order valence-electron chi connectivity index (χ4n) is 1.26. The Morgan fingerprint density at radius 3 is 2.60 bits per heavy atom. The molecule has 0 aliphatic heterocycles. The molecular formula is C11H13BrO3. The van der Waals surface area contributed by atoms with Gasteiger partial charge >= 0.3 is 0 Å². The second kappa shape index (κ2) is 6.71. The van der Waals surface area contributed by atoms with E-state index in [1.807, 2.05) is 24.3 Å². The lowest BCUT2D eigenvalue weighted by Gasteiger charge is -2.15. The first-order valence-corrected chi connectivity index (χ1v) is 5.48. The first-order chi connectivity index (χ1) is 7.27. The fourth-order valence-corrected chi connectivity index (χ4v) is 1.52. The molecule has 0 saturated heterocycles. The van der Waals surface area contributed by atoms with E-state index in [0.29, 0.717) is 6.42 Å². The van der Waals surface area contributed by atoms with Crippen LogP contribution < -0.4 is 0 Å². The molecule has 1 aromatic carbocycles. The number of aliphatic hydroxyl groups excluding tert-OH is 1. The molecule has 0 radical (unpaired) electrons. The van der Waals surface area contributed by atoms with Gasteiger partial charge in [0.05, 0.1) is 19.3 Å². The van der Waals surface area contributed by atoms with Crippen molar-refractivity contribution >= 4 is 22.2 Å². The Kier molecular flexibility index (Phi) is 5.53. The third-order valence-corrected chi connectivity index (χ3v) is 2.49. The topological polar surface area (TPSA) is 46.5 Å². The molecule has 1 atom stereocenters. The highest BCUT2D eigenvalue weighted by molar-refractivity contribution is 9.10. The molecule has 3 nitrogen and oxygen atoms in total. The number of carbonyl (C=O) groups excluding carboxylic acids is 1. The highest BCUT2D eigenvalue weighted by Gasteiger charge is 2.10. The molecule has 1 aromatic rings. The van der Waals surface area contributed by atoms with Crippen molar-refractivity contribution in [2.75, 3.05) is 13.2 Å². The molecule has 0 aliphatic carbocycles. The predicted molar refractivity (Wildman–Crippen MR) is 60.6 cm³/mol. The first-order valence-electron chi connectivity index (χ1n) is 4.69.